The summed E-state index contributed by atoms with van der Waals surface area (Å²) in [5, 5.41) is 3.23. The molecule has 0 amide bonds. The van der Waals surface area contributed by atoms with Crippen LogP contribution in [0.5, 0.6) is 0 Å². The minimum absolute atomic E-state index is 0.0339. The molecule has 0 radical (unpaired) electrons. The predicted molar refractivity (Wildman–Crippen MR) is 80.4 cm³/mol. The lowest BCUT2D eigenvalue weighted by Crippen LogP contribution is -2.13. The number of benzene rings is 1. The Morgan fingerprint density at radius 1 is 1.15 bits per heavy atom. The number of rotatable bonds is 5. The van der Waals surface area contributed by atoms with E-state index in [-0.39, 0.29) is 10.9 Å². The molecule has 1 aromatic heterocycles. The monoisotopic (exact) mass is 290 g/mol. The molecule has 4 nitrogen and oxygen atoms in total. The normalized spacial score (nSPS) is 12.9. The Morgan fingerprint density at radius 2 is 1.85 bits per heavy atom. The van der Waals surface area contributed by atoms with Crippen molar-refractivity contribution in [1.29, 1.82) is 0 Å². The number of nitrogens with zero attached hydrogens (tertiary/aromatic N) is 1. The summed E-state index contributed by atoms with van der Waals surface area (Å²) in [6.45, 7) is 2.05. The topological polar surface area (TPSA) is 59.1 Å². The minimum Gasteiger partial charge on any atom is -0.362 e. The lowest BCUT2D eigenvalue weighted by molar-refractivity contribution is 0.601. The summed E-state index contributed by atoms with van der Waals surface area (Å²) in [6.07, 6.45) is 3.62. The molecular formula is C15H18N2O2S. The fourth-order valence-corrected chi connectivity index (χ4v) is 2.86. The van der Waals surface area contributed by atoms with Crippen LogP contribution in [0.25, 0.3) is 0 Å². The predicted octanol–water partition coefficient (Wildman–Crippen LogP) is 3.05. The highest BCUT2D eigenvalue weighted by Gasteiger charge is 2.17. The van der Waals surface area contributed by atoms with Gasteiger partial charge in [0.2, 0.25) is 0 Å². The van der Waals surface area contributed by atoms with Gasteiger partial charge in [0, 0.05) is 12.5 Å². The van der Waals surface area contributed by atoms with E-state index in [2.05, 4.69) is 10.3 Å². The van der Waals surface area contributed by atoms with E-state index in [1.165, 1.54) is 6.26 Å². The summed E-state index contributed by atoms with van der Waals surface area (Å²) in [6, 6.07) is 13.2. The molecule has 0 aliphatic rings. The third-order valence-corrected chi connectivity index (χ3v) is 4.22. The number of pyridine rings is 1. The van der Waals surface area contributed by atoms with Crippen molar-refractivity contribution in [3.8, 4) is 0 Å². The van der Waals surface area contributed by atoms with Crippen molar-refractivity contribution in [2.24, 2.45) is 0 Å². The van der Waals surface area contributed by atoms with Crippen LogP contribution in [0.4, 0.5) is 5.82 Å². The molecule has 106 valence electrons. The Hall–Kier alpha value is -1.88. The third kappa shape index (κ3) is 3.36. The van der Waals surface area contributed by atoms with Gasteiger partial charge in [0.05, 0.1) is 6.04 Å². The molecule has 1 unspecified atom stereocenters. The zero-order chi connectivity index (χ0) is 14.6. The number of hydrogen-bond donors (Lipinski definition) is 1. The first-order valence-corrected chi connectivity index (χ1v) is 8.38. The standard InChI is InChI=1S/C15H18N2O2S/c1-3-13(12-8-5-4-6-9-12)17-15-14(20(2,18)19)10-7-11-16-15/h4-11,13H,3H2,1-2H3,(H,16,17). The van der Waals surface area contributed by atoms with Gasteiger partial charge in [0.15, 0.2) is 9.84 Å². The fourth-order valence-electron chi connectivity index (χ4n) is 2.07. The van der Waals surface area contributed by atoms with Crippen LogP contribution in [-0.2, 0) is 9.84 Å². The minimum atomic E-state index is -3.29. The van der Waals surface area contributed by atoms with Gasteiger partial charge in [0.25, 0.3) is 0 Å². The maximum atomic E-state index is 11.8. The third-order valence-electron chi connectivity index (χ3n) is 3.09. The largest absolute Gasteiger partial charge is 0.362 e. The zero-order valence-corrected chi connectivity index (χ0v) is 12.4. The van der Waals surface area contributed by atoms with Crippen molar-refractivity contribution in [1.82, 2.24) is 4.98 Å². The fraction of sp³-hybridized carbons (Fsp3) is 0.267. The molecule has 0 saturated heterocycles. The molecule has 0 aliphatic carbocycles. The first-order chi connectivity index (χ1) is 9.52. The Morgan fingerprint density at radius 3 is 2.45 bits per heavy atom. The van der Waals surface area contributed by atoms with Crippen LogP contribution in [0.15, 0.2) is 53.6 Å². The molecule has 1 aromatic carbocycles. The van der Waals surface area contributed by atoms with E-state index in [0.29, 0.717) is 5.82 Å². The Balaban J connectivity index is 2.34. The molecule has 0 fully saturated rings. The molecule has 1 heterocycles. The number of anilines is 1. The molecule has 2 rings (SSSR count). The van der Waals surface area contributed by atoms with Gasteiger partial charge >= 0.3 is 0 Å². The Labute approximate surface area is 119 Å². The second-order valence-electron chi connectivity index (χ2n) is 4.64. The van der Waals surface area contributed by atoms with Gasteiger partial charge in [-0.15, -0.1) is 0 Å². The summed E-state index contributed by atoms with van der Waals surface area (Å²) in [4.78, 5) is 4.40. The summed E-state index contributed by atoms with van der Waals surface area (Å²) in [7, 11) is -3.29. The molecule has 0 saturated carbocycles. The summed E-state index contributed by atoms with van der Waals surface area (Å²) in [5.74, 6) is 0.408. The summed E-state index contributed by atoms with van der Waals surface area (Å²) >= 11 is 0. The van der Waals surface area contributed by atoms with E-state index in [9.17, 15) is 8.42 Å². The highest BCUT2D eigenvalue weighted by Crippen LogP contribution is 2.25. The van der Waals surface area contributed by atoms with Crippen LogP contribution in [0.2, 0.25) is 0 Å². The lowest BCUT2D eigenvalue weighted by Gasteiger charge is -2.19. The van der Waals surface area contributed by atoms with Crippen molar-refractivity contribution < 1.29 is 8.42 Å². The van der Waals surface area contributed by atoms with E-state index in [1.54, 1.807) is 18.3 Å². The molecule has 2 aromatic rings. The van der Waals surface area contributed by atoms with Crippen molar-refractivity contribution >= 4 is 15.7 Å². The van der Waals surface area contributed by atoms with E-state index >= 15 is 0 Å². The van der Waals surface area contributed by atoms with Gasteiger partial charge in [-0.05, 0) is 24.1 Å². The SMILES string of the molecule is CCC(Nc1ncccc1S(C)(=O)=O)c1ccccc1. The second-order valence-corrected chi connectivity index (χ2v) is 6.62. The smallest absolute Gasteiger partial charge is 0.179 e. The molecule has 1 N–H and O–H groups in total. The highest BCUT2D eigenvalue weighted by molar-refractivity contribution is 7.90. The van der Waals surface area contributed by atoms with E-state index in [0.717, 1.165) is 12.0 Å². The van der Waals surface area contributed by atoms with Crippen LogP contribution in [0.3, 0.4) is 0 Å². The van der Waals surface area contributed by atoms with Gasteiger partial charge in [-0.1, -0.05) is 37.3 Å². The lowest BCUT2D eigenvalue weighted by atomic mass is 10.0. The van der Waals surface area contributed by atoms with E-state index < -0.39 is 9.84 Å². The van der Waals surface area contributed by atoms with Gasteiger partial charge in [-0.3, -0.25) is 0 Å². The number of nitrogens with one attached hydrogen (secondary N) is 1. The number of hydrogen-bond acceptors (Lipinski definition) is 4. The van der Waals surface area contributed by atoms with Crippen molar-refractivity contribution in [2.45, 2.75) is 24.3 Å². The molecular weight excluding hydrogens is 272 g/mol. The highest BCUT2D eigenvalue weighted by atomic mass is 32.2. The van der Waals surface area contributed by atoms with Crippen LogP contribution in [-0.4, -0.2) is 19.7 Å². The molecule has 0 bridgehead atoms. The van der Waals surface area contributed by atoms with E-state index in [1.807, 2.05) is 37.3 Å². The van der Waals surface area contributed by atoms with Crippen molar-refractivity contribution in [2.75, 3.05) is 11.6 Å². The first kappa shape index (κ1) is 14.5. The Kier molecular flexibility index (Phi) is 4.39. The van der Waals surface area contributed by atoms with Gasteiger partial charge in [-0.2, -0.15) is 0 Å². The maximum absolute atomic E-state index is 11.8. The molecule has 20 heavy (non-hydrogen) atoms. The quantitative estimate of drug-likeness (QED) is 0.919. The van der Waals surface area contributed by atoms with Crippen LogP contribution in [0.1, 0.15) is 24.9 Å². The van der Waals surface area contributed by atoms with Crippen molar-refractivity contribution in [3.63, 3.8) is 0 Å². The van der Waals surface area contributed by atoms with E-state index in [4.69, 9.17) is 0 Å². The number of sulfone groups is 1. The van der Waals surface area contributed by atoms with Gasteiger partial charge < -0.3 is 5.32 Å². The summed E-state index contributed by atoms with van der Waals surface area (Å²) < 4.78 is 23.6. The maximum Gasteiger partial charge on any atom is 0.179 e. The molecule has 0 aliphatic heterocycles. The second kappa shape index (κ2) is 6.05. The number of aromatic nitrogens is 1. The summed E-state index contributed by atoms with van der Waals surface area (Å²) in [5.41, 5.74) is 1.11. The molecule has 1 atom stereocenters. The van der Waals surface area contributed by atoms with Crippen LogP contribution >= 0.6 is 0 Å². The average Bonchev–Trinajstić information content (AvgIpc) is 2.45. The molecule has 5 heteroatoms. The average molecular weight is 290 g/mol. The van der Waals surface area contributed by atoms with Crippen LogP contribution in [0, 0.1) is 0 Å². The van der Waals surface area contributed by atoms with Gasteiger partial charge in [0.1, 0.15) is 10.7 Å². The first-order valence-electron chi connectivity index (χ1n) is 6.49. The van der Waals surface area contributed by atoms with Crippen molar-refractivity contribution in [3.05, 3.63) is 54.2 Å². The molecule has 0 spiro atoms. The van der Waals surface area contributed by atoms with Crippen LogP contribution < -0.4 is 5.32 Å². The Bertz CT molecular complexity index is 669. The van der Waals surface area contributed by atoms with Gasteiger partial charge in [-0.25, -0.2) is 13.4 Å². The zero-order valence-electron chi connectivity index (χ0n) is 11.6.